The Balaban J connectivity index is 1.34. The predicted octanol–water partition coefficient (Wildman–Crippen LogP) is 2.07. The number of morpholine rings is 1. The molecule has 4 rings (SSSR count). The Morgan fingerprint density at radius 2 is 2.03 bits per heavy atom. The van der Waals surface area contributed by atoms with E-state index in [1.807, 2.05) is 32.9 Å². The predicted molar refractivity (Wildman–Crippen MR) is 135 cm³/mol. The summed E-state index contributed by atoms with van der Waals surface area (Å²) in [5, 5.41) is 2.30. The number of amides is 3. The zero-order chi connectivity index (χ0) is 26.7. The van der Waals surface area contributed by atoms with Crippen molar-refractivity contribution < 1.29 is 28.3 Å². The highest BCUT2D eigenvalue weighted by Gasteiger charge is 2.32. The molecule has 1 aromatic heterocycles. The van der Waals surface area contributed by atoms with Crippen LogP contribution in [-0.2, 0) is 25.5 Å². The van der Waals surface area contributed by atoms with Crippen molar-refractivity contribution in [3.63, 3.8) is 0 Å². The van der Waals surface area contributed by atoms with Crippen molar-refractivity contribution in [3.8, 4) is 0 Å². The van der Waals surface area contributed by atoms with Gasteiger partial charge in [0.15, 0.2) is 5.58 Å². The Labute approximate surface area is 215 Å². The van der Waals surface area contributed by atoms with Crippen LogP contribution in [0.3, 0.4) is 0 Å². The fraction of sp³-hybridized carbons (Fsp3) is 0.615. The number of nitrogens with zero attached hydrogens (tertiary/aromatic N) is 3. The van der Waals surface area contributed by atoms with Gasteiger partial charge in [-0.3, -0.25) is 24.4 Å². The number of hydrogen-bond donors (Lipinski definition) is 1. The van der Waals surface area contributed by atoms with Crippen molar-refractivity contribution in [1.29, 1.82) is 0 Å². The highest BCUT2D eigenvalue weighted by Crippen LogP contribution is 2.26. The third kappa shape index (κ3) is 6.58. The van der Waals surface area contributed by atoms with Gasteiger partial charge in [-0.1, -0.05) is 12.1 Å². The normalized spacial score (nSPS) is 21.2. The molecule has 11 nitrogen and oxygen atoms in total. The average molecular weight is 517 g/mol. The second kappa shape index (κ2) is 11.1. The summed E-state index contributed by atoms with van der Waals surface area (Å²) in [6.45, 7) is 8.89. The fourth-order valence-electron chi connectivity index (χ4n) is 4.84. The smallest absolute Gasteiger partial charge is 0.420 e. The standard InChI is InChI=1S/C26H36N4O7/c1-26(2,3)37-24(33)28(4)15-18-16-29(13-14-35-18)12-6-8-17-7-5-9-19-22(17)36-25(34)30(19)20-10-11-21(31)27-23(20)32/h5,7,9,18,20H,6,8,10-16H2,1-4H3,(H,27,31,32)/t18-,20?/m1/s1. The summed E-state index contributed by atoms with van der Waals surface area (Å²) in [4.78, 5) is 52.7. The SMILES string of the molecule is CN(C[C@@H]1CN(CCCc2cccc3c2oc(=O)n3C2CCC(=O)NC2=O)CCO1)C(=O)OC(C)(C)C. The highest BCUT2D eigenvalue weighted by molar-refractivity contribution is 6.00. The van der Waals surface area contributed by atoms with Crippen molar-refractivity contribution >= 4 is 29.0 Å². The van der Waals surface area contributed by atoms with Crippen molar-refractivity contribution in [2.75, 3.05) is 39.8 Å². The molecule has 2 saturated heterocycles. The number of aryl methyl sites for hydroxylation is 1. The van der Waals surface area contributed by atoms with Gasteiger partial charge in [-0.2, -0.15) is 0 Å². The molecular weight excluding hydrogens is 480 g/mol. The lowest BCUT2D eigenvalue weighted by molar-refractivity contribution is -0.135. The van der Waals surface area contributed by atoms with Gasteiger partial charge >= 0.3 is 11.8 Å². The number of rotatable bonds is 7. The summed E-state index contributed by atoms with van der Waals surface area (Å²) in [5.74, 6) is -1.41. The second-order valence-electron chi connectivity index (χ2n) is 10.7. The van der Waals surface area contributed by atoms with Crippen molar-refractivity contribution in [1.82, 2.24) is 19.7 Å². The molecular formula is C26H36N4O7. The summed E-state index contributed by atoms with van der Waals surface area (Å²) >= 11 is 0. The van der Waals surface area contributed by atoms with Crippen molar-refractivity contribution in [2.24, 2.45) is 0 Å². The Hall–Kier alpha value is -3.18. The van der Waals surface area contributed by atoms with E-state index in [0.29, 0.717) is 37.2 Å². The van der Waals surface area contributed by atoms with E-state index in [0.717, 1.165) is 25.1 Å². The molecule has 2 atom stereocenters. The van der Waals surface area contributed by atoms with Crippen LogP contribution >= 0.6 is 0 Å². The van der Waals surface area contributed by atoms with E-state index in [4.69, 9.17) is 13.9 Å². The van der Waals surface area contributed by atoms with Crippen LogP contribution in [-0.4, -0.2) is 83.8 Å². The van der Waals surface area contributed by atoms with Crippen LogP contribution < -0.4 is 11.1 Å². The first-order valence-corrected chi connectivity index (χ1v) is 12.8. The van der Waals surface area contributed by atoms with E-state index in [-0.39, 0.29) is 30.9 Å². The fourth-order valence-corrected chi connectivity index (χ4v) is 4.84. The molecule has 0 bridgehead atoms. The van der Waals surface area contributed by atoms with Crippen LogP contribution in [0.25, 0.3) is 11.1 Å². The molecule has 3 heterocycles. The number of fused-ring (bicyclic) bond motifs is 1. The maximum Gasteiger partial charge on any atom is 0.420 e. The molecule has 1 aromatic carbocycles. The Bertz CT molecular complexity index is 1210. The summed E-state index contributed by atoms with van der Waals surface area (Å²) < 4.78 is 18.2. The third-order valence-electron chi connectivity index (χ3n) is 6.57. The van der Waals surface area contributed by atoms with Gasteiger partial charge in [0.1, 0.15) is 11.6 Å². The van der Waals surface area contributed by atoms with E-state index in [1.165, 1.54) is 4.57 Å². The number of piperidine rings is 1. The van der Waals surface area contributed by atoms with E-state index >= 15 is 0 Å². The number of carbonyl (C=O) groups excluding carboxylic acids is 3. The molecule has 0 aliphatic carbocycles. The van der Waals surface area contributed by atoms with Gasteiger partial charge in [0, 0.05) is 26.6 Å². The number of carbonyl (C=O) groups is 3. The molecule has 1 unspecified atom stereocenters. The largest absolute Gasteiger partial charge is 0.444 e. The van der Waals surface area contributed by atoms with Gasteiger partial charge < -0.3 is 18.8 Å². The van der Waals surface area contributed by atoms with E-state index in [9.17, 15) is 19.2 Å². The lowest BCUT2D eigenvalue weighted by Crippen LogP contribution is -2.48. The first kappa shape index (κ1) is 26.9. The van der Waals surface area contributed by atoms with Crippen LogP contribution in [0, 0.1) is 0 Å². The molecule has 11 heteroatoms. The molecule has 2 aliphatic rings. The van der Waals surface area contributed by atoms with E-state index in [1.54, 1.807) is 18.0 Å². The number of likely N-dealkylation sites (N-methyl/N-ethyl adjacent to an activating group) is 1. The Kier molecular flexibility index (Phi) is 8.03. The van der Waals surface area contributed by atoms with Gasteiger partial charge in [0.25, 0.3) is 0 Å². The van der Waals surface area contributed by atoms with Crippen LogP contribution in [0.2, 0.25) is 0 Å². The van der Waals surface area contributed by atoms with Gasteiger partial charge in [0.05, 0.1) is 24.8 Å². The summed E-state index contributed by atoms with van der Waals surface area (Å²) in [6.07, 6.45) is 1.51. The molecule has 3 amide bonds. The maximum absolute atomic E-state index is 12.7. The first-order chi connectivity index (χ1) is 17.5. The Morgan fingerprint density at radius 3 is 2.76 bits per heavy atom. The number of aromatic nitrogens is 1. The first-order valence-electron chi connectivity index (χ1n) is 12.8. The average Bonchev–Trinajstić information content (AvgIpc) is 3.15. The lowest BCUT2D eigenvalue weighted by atomic mass is 10.0. The molecule has 2 aromatic rings. The Morgan fingerprint density at radius 1 is 1.24 bits per heavy atom. The summed E-state index contributed by atoms with van der Waals surface area (Å²) in [6, 6.07) is 4.79. The number of oxazole rings is 1. The summed E-state index contributed by atoms with van der Waals surface area (Å²) in [5.41, 5.74) is 1.40. The highest BCUT2D eigenvalue weighted by atomic mass is 16.6. The van der Waals surface area contributed by atoms with Crippen LogP contribution in [0.5, 0.6) is 0 Å². The van der Waals surface area contributed by atoms with E-state index < -0.39 is 23.3 Å². The van der Waals surface area contributed by atoms with Crippen LogP contribution in [0.15, 0.2) is 27.4 Å². The second-order valence-corrected chi connectivity index (χ2v) is 10.7. The molecule has 0 radical (unpaired) electrons. The molecule has 2 aliphatic heterocycles. The zero-order valence-electron chi connectivity index (χ0n) is 22.0. The van der Waals surface area contributed by atoms with Gasteiger partial charge in [-0.15, -0.1) is 0 Å². The minimum atomic E-state index is -0.759. The minimum absolute atomic E-state index is 0.102. The number of imide groups is 1. The lowest BCUT2D eigenvalue weighted by Gasteiger charge is -2.35. The summed E-state index contributed by atoms with van der Waals surface area (Å²) in [7, 11) is 1.71. The van der Waals surface area contributed by atoms with Crippen LogP contribution in [0.1, 0.15) is 51.6 Å². The molecule has 0 saturated carbocycles. The monoisotopic (exact) mass is 516 g/mol. The van der Waals surface area contributed by atoms with Crippen LogP contribution in [0.4, 0.5) is 4.79 Å². The van der Waals surface area contributed by atoms with Crippen molar-refractivity contribution in [2.45, 2.75) is 64.2 Å². The van der Waals surface area contributed by atoms with E-state index in [2.05, 4.69) is 10.2 Å². The van der Waals surface area contributed by atoms with Gasteiger partial charge in [-0.05, 0) is 58.2 Å². The van der Waals surface area contributed by atoms with Crippen molar-refractivity contribution in [3.05, 3.63) is 34.3 Å². The molecule has 202 valence electrons. The van der Waals surface area contributed by atoms with Gasteiger partial charge in [-0.25, -0.2) is 9.59 Å². The zero-order valence-corrected chi connectivity index (χ0v) is 22.0. The molecule has 2 fully saturated rings. The molecule has 1 N–H and O–H groups in total. The number of benzene rings is 1. The maximum atomic E-state index is 12.7. The quantitative estimate of drug-likeness (QED) is 0.555. The van der Waals surface area contributed by atoms with Gasteiger partial charge in [0.2, 0.25) is 11.8 Å². The number of para-hydroxylation sites is 1. The number of nitrogens with one attached hydrogen (secondary N) is 1. The third-order valence-corrected chi connectivity index (χ3v) is 6.57. The number of ether oxygens (including phenoxy) is 2. The number of hydrogen-bond acceptors (Lipinski definition) is 8. The molecule has 0 spiro atoms. The minimum Gasteiger partial charge on any atom is -0.444 e. The topological polar surface area (TPSA) is 123 Å². The molecule has 37 heavy (non-hydrogen) atoms.